The monoisotopic (exact) mass is 623 g/mol. The van der Waals surface area contributed by atoms with E-state index < -0.39 is 53.2 Å². The molecule has 9 nitrogen and oxygen atoms in total. The van der Waals surface area contributed by atoms with Gasteiger partial charge in [-0.3, -0.25) is 19.1 Å². The first-order valence-electron chi connectivity index (χ1n) is 14.4. The van der Waals surface area contributed by atoms with Crippen LogP contribution in [0.4, 0.5) is 13.2 Å². The molecule has 1 amide bonds. The third-order valence-corrected chi connectivity index (χ3v) is 7.97. The molecule has 1 unspecified atom stereocenters. The van der Waals surface area contributed by atoms with Crippen molar-refractivity contribution >= 4 is 5.91 Å². The van der Waals surface area contributed by atoms with E-state index in [9.17, 15) is 32.7 Å². The van der Waals surface area contributed by atoms with Gasteiger partial charge in [0.25, 0.3) is 5.56 Å². The van der Waals surface area contributed by atoms with E-state index in [2.05, 4.69) is 10.3 Å². The number of amides is 1. The quantitative estimate of drug-likeness (QED) is 0.173. The van der Waals surface area contributed by atoms with Gasteiger partial charge in [-0.1, -0.05) is 91.0 Å². The molecule has 45 heavy (non-hydrogen) atoms. The van der Waals surface area contributed by atoms with Crippen molar-refractivity contribution in [1.29, 1.82) is 0 Å². The Hall–Kier alpha value is -4.52. The van der Waals surface area contributed by atoms with Gasteiger partial charge in [-0.05, 0) is 23.1 Å². The van der Waals surface area contributed by atoms with Crippen LogP contribution in [-0.4, -0.2) is 58.2 Å². The lowest BCUT2D eigenvalue weighted by Gasteiger charge is -2.43. The maximum Gasteiger partial charge on any atom is 0.471 e. The summed E-state index contributed by atoms with van der Waals surface area (Å²) in [5.41, 5.74) is -0.521. The van der Waals surface area contributed by atoms with Crippen LogP contribution in [0.25, 0.3) is 0 Å². The number of nitrogens with one attached hydrogen (secondary N) is 2. The van der Waals surface area contributed by atoms with Crippen molar-refractivity contribution in [2.75, 3.05) is 13.2 Å². The highest BCUT2D eigenvalue weighted by molar-refractivity contribution is 5.82. The van der Waals surface area contributed by atoms with Crippen molar-refractivity contribution in [3.63, 3.8) is 0 Å². The number of halogens is 3. The van der Waals surface area contributed by atoms with Crippen molar-refractivity contribution in [1.82, 2.24) is 14.9 Å². The summed E-state index contributed by atoms with van der Waals surface area (Å²) < 4.78 is 54.0. The van der Waals surface area contributed by atoms with Crippen LogP contribution in [0.1, 0.15) is 35.8 Å². The molecule has 3 N–H and O–H groups in total. The number of H-pyrrole nitrogens is 1. The van der Waals surface area contributed by atoms with Crippen LogP contribution in [-0.2, 0) is 19.7 Å². The van der Waals surface area contributed by atoms with Crippen molar-refractivity contribution in [2.45, 2.75) is 48.9 Å². The zero-order chi connectivity index (χ0) is 32.0. The molecule has 5 rings (SSSR count). The molecular weight excluding hydrogens is 591 g/mol. The molecule has 236 valence electrons. The number of carbonyl (C=O) groups is 1. The van der Waals surface area contributed by atoms with Gasteiger partial charge in [-0.15, -0.1) is 0 Å². The second-order valence-electron chi connectivity index (χ2n) is 10.7. The first-order chi connectivity index (χ1) is 21.6. The standard InChI is InChI=1S/C33H32F3N3O6/c34-33(35,36)30(42)37-27(17-19-44-21-26-25(40)20-29(45-26)39-18-16-28(41)38-31(39)43)32(22-10-4-1-5-11-22,23-12-6-2-7-13-23)24-14-8-3-9-15-24/h1-16,18,25-27,29,40H,17,19-21H2,(H,37,42)(H,38,41,43)/t25-,26+,27?,29+/m0/s1. The topological polar surface area (TPSA) is 123 Å². The maximum atomic E-state index is 13.7. The normalized spacial score (nSPS) is 19.2. The molecule has 0 saturated carbocycles. The molecule has 3 aromatic carbocycles. The molecule has 0 radical (unpaired) electrons. The summed E-state index contributed by atoms with van der Waals surface area (Å²) in [6, 6.07) is 27.1. The van der Waals surface area contributed by atoms with Gasteiger partial charge >= 0.3 is 17.8 Å². The number of aromatic amines is 1. The Kier molecular flexibility index (Phi) is 9.66. The fourth-order valence-corrected chi connectivity index (χ4v) is 5.93. The Labute approximate surface area is 256 Å². The van der Waals surface area contributed by atoms with E-state index >= 15 is 0 Å². The Morgan fingerprint density at radius 2 is 1.47 bits per heavy atom. The molecule has 1 aromatic heterocycles. The highest BCUT2D eigenvalue weighted by Gasteiger charge is 2.48. The van der Waals surface area contributed by atoms with Crippen molar-refractivity contribution in [3.05, 3.63) is 141 Å². The van der Waals surface area contributed by atoms with Crippen LogP contribution < -0.4 is 16.6 Å². The van der Waals surface area contributed by atoms with Gasteiger partial charge in [0, 0.05) is 31.3 Å². The first-order valence-corrected chi connectivity index (χ1v) is 14.4. The molecule has 0 aliphatic carbocycles. The van der Waals surface area contributed by atoms with Gasteiger partial charge < -0.3 is 19.9 Å². The van der Waals surface area contributed by atoms with Crippen molar-refractivity contribution in [2.24, 2.45) is 0 Å². The molecule has 1 saturated heterocycles. The average molecular weight is 624 g/mol. The lowest BCUT2D eigenvalue weighted by molar-refractivity contribution is -0.174. The highest BCUT2D eigenvalue weighted by Crippen LogP contribution is 2.43. The van der Waals surface area contributed by atoms with E-state index in [0.717, 1.165) is 10.6 Å². The zero-order valence-electron chi connectivity index (χ0n) is 24.0. The Morgan fingerprint density at radius 1 is 0.933 bits per heavy atom. The van der Waals surface area contributed by atoms with E-state index in [1.807, 2.05) is 36.4 Å². The van der Waals surface area contributed by atoms with Crippen LogP contribution >= 0.6 is 0 Å². The van der Waals surface area contributed by atoms with Gasteiger partial charge in [-0.2, -0.15) is 13.2 Å². The molecule has 1 aliphatic heterocycles. The Balaban J connectivity index is 1.44. The number of aromatic nitrogens is 2. The third kappa shape index (κ3) is 6.93. The smallest absolute Gasteiger partial charge is 0.390 e. The highest BCUT2D eigenvalue weighted by atomic mass is 19.4. The molecule has 0 bridgehead atoms. The summed E-state index contributed by atoms with van der Waals surface area (Å²) in [6.45, 7) is -0.238. The largest absolute Gasteiger partial charge is 0.471 e. The molecule has 2 heterocycles. The van der Waals surface area contributed by atoms with E-state index in [0.29, 0.717) is 16.7 Å². The molecule has 4 aromatic rings. The van der Waals surface area contributed by atoms with Gasteiger partial charge in [0.15, 0.2) is 0 Å². The summed E-state index contributed by atoms with van der Waals surface area (Å²) in [5, 5.41) is 12.9. The third-order valence-electron chi connectivity index (χ3n) is 7.97. The summed E-state index contributed by atoms with van der Waals surface area (Å²) >= 11 is 0. The van der Waals surface area contributed by atoms with Crippen molar-refractivity contribution in [3.8, 4) is 0 Å². The maximum absolute atomic E-state index is 13.7. The molecule has 1 fully saturated rings. The minimum absolute atomic E-state index is 0.0495. The molecule has 4 atom stereocenters. The van der Waals surface area contributed by atoms with Gasteiger partial charge in [0.05, 0.1) is 18.1 Å². The lowest BCUT2D eigenvalue weighted by atomic mass is 9.64. The lowest BCUT2D eigenvalue weighted by Crippen LogP contribution is -2.55. The van der Waals surface area contributed by atoms with Crippen LogP contribution in [0.15, 0.2) is 113 Å². The Morgan fingerprint density at radius 3 is 1.96 bits per heavy atom. The van der Waals surface area contributed by atoms with Gasteiger partial charge in [0.2, 0.25) is 0 Å². The zero-order valence-corrected chi connectivity index (χ0v) is 24.0. The minimum atomic E-state index is -5.13. The number of rotatable bonds is 11. The second-order valence-corrected chi connectivity index (χ2v) is 10.7. The fraction of sp³-hybridized carbons (Fsp3) is 0.303. The first kappa shape index (κ1) is 31.9. The van der Waals surface area contributed by atoms with E-state index in [1.54, 1.807) is 54.6 Å². The number of hydrogen-bond donors (Lipinski definition) is 3. The summed E-state index contributed by atoms with van der Waals surface area (Å²) in [4.78, 5) is 38.3. The fourth-order valence-electron chi connectivity index (χ4n) is 5.93. The molecular formula is C33H32F3N3O6. The van der Waals surface area contributed by atoms with Crippen LogP contribution in [0.5, 0.6) is 0 Å². The van der Waals surface area contributed by atoms with E-state index in [4.69, 9.17) is 9.47 Å². The predicted molar refractivity (Wildman–Crippen MR) is 158 cm³/mol. The molecule has 1 aliphatic rings. The number of hydrogen-bond acceptors (Lipinski definition) is 6. The summed E-state index contributed by atoms with van der Waals surface area (Å²) in [6.07, 6.45) is -6.56. The predicted octanol–water partition coefficient (Wildman–Crippen LogP) is 3.67. The second kappa shape index (κ2) is 13.6. The van der Waals surface area contributed by atoms with Crippen molar-refractivity contribution < 1.29 is 32.5 Å². The molecule has 0 spiro atoms. The number of benzene rings is 3. The number of ether oxygens (including phenoxy) is 2. The number of aliphatic hydroxyl groups excluding tert-OH is 1. The molecule has 12 heteroatoms. The van der Waals surface area contributed by atoms with Gasteiger partial charge in [-0.25, -0.2) is 4.79 Å². The Bertz CT molecular complexity index is 1580. The SMILES string of the molecule is O=C(NC(CCOC[C@H]1O[C@@H](n2ccc(=O)[nH]c2=O)C[C@@H]1O)C(c1ccccc1)(c1ccccc1)c1ccccc1)C(F)(F)F. The summed E-state index contributed by atoms with van der Waals surface area (Å²) in [5.74, 6) is -2.08. The average Bonchev–Trinajstić information content (AvgIpc) is 3.40. The number of carbonyl (C=O) groups excluding carboxylic acids is 1. The van der Waals surface area contributed by atoms with Gasteiger partial charge in [0.1, 0.15) is 12.3 Å². The van der Waals surface area contributed by atoms with Crippen LogP contribution in [0.3, 0.4) is 0 Å². The summed E-state index contributed by atoms with van der Waals surface area (Å²) in [7, 11) is 0. The number of nitrogens with zero attached hydrogens (tertiary/aromatic N) is 1. The number of alkyl halides is 3. The van der Waals surface area contributed by atoms with E-state index in [1.165, 1.54) is 6.20 Å². The van der Waals surface area contributed by atoms with E-state index in [-0.39, 0.29) is 26.1 Å². The minimum Gasteiger partial charge on any atom is -0.390 e. The van der Waals surface area contributed by atoms with Crippen LogP contribution in [0, 0.1) is 0 Å². The van der Waals surface area contributed by atoms with Crippen LogP contribution in [0.2, 0.25) is 0 Å². The number of aliphatic hydroxyl groups is 1.